The quantitative estimate of drug-likeness (QED) is 0.746. The Bertz CT molecular complexity index is 689. The Morgan fingerprint density at radius 2 is 1.89 bits per heavy atom. The molecule has 18 heavy (non-hydrogen) atoms. The van der Waals surface area contributed by atoms with Gasteiger partial charge in [-0.05, 0) is 36.4 Å². The van der Waals surface area contributed by atoms with E-state index in [1.807, 2.05) is 31.3 Å². The first kappa shape index (κ1) is 11.2. The molecule has 0 amide bonds. The zero-order chi connectivity index (χ0) is 12.5. The molecule has 0 aliphatic rings. The number of nitrogens with one attached hydrogen (secondary N) is 1. The fourth-order valence-electron chi connectivity index (χ4n) is 1.80. The molecule has 1 aromatic heterocycles. The number of anilines is 1. The van der Waals surface area contributed by atoms with Crippen molar-refractivity contribution < 1.29 is 4.39 Å². The van der Waals surface area contributed by atoms with E-state index in [4.69, 9.17) is 0 Å². The van der Waals surface area contributed by atoms with Gasteiger partial charge in [0.1, 0.15) is 10.8 Å². The van der Waals surface area contributed by atoms with Crippen LogP contribution in [-0.4, -0.2) is 12.0 Å². The Labute approximate surface area is 108 Å². The van der Waals surface area contributed by atoms with Gasteiger partial charge in [0.2, 0.25) is 0 Å². The summed E-state index contributed by atoms with van der Waals surface area (Å²) in [7, 11) is 1.88. The summed E-state index contributed by atoms with van der Waals surface area (Å²) in [5, 5.41) is 3.99. The van der Waals surface area contributed by atoms with E-state index < -0.39 is 0 Å². The van der Waals surface area contributed by atoms with Gasteiger partial charge in [0.15, 0.2) is 0 Å². The predicted molar refractivity (Wildman–Crippen MR) is 74.6 cm³/mol. The minimum atomic E-state index is -0.245. The molecule has 3 rings (SSSR count). The van der Waals surface area contributed by atoms with Gasteiger partial charge in [0, 0.05) is 24.4 Å². The molecule has 0 fully saturated rings. The summed E-state index contributed by atoms with van der Waals surface area (Å²) in [5.74, 6) is -0.245. The molecule has 0 aliphatic carbocycles. The zero-order valence-corrected chi connectivity index (χ0v) is 10.6. The second kappa shape index (κ2) is 4.38. The monoisotopic (exact) mass is 257 g/mol. The van der Waals surface area contributed by atoms with Crippen molar-refractivity contribution in [3.63, 3.8) is 0 Å². The van der Waals surface area contributed by atoms with Crippen molar-refractivity contribution in [2.45, 2.75) is 0 Å². The lowest BCUT2D eigenvalue weighted by atomic mass is 10.2. The van der Waals surface area contributed by atoms with Gasteiger partial charge in [-0.15, -0.1) is 11.3 Å². The van der Waals surface area contributed by atoms with E-state index in [0.29, 0.717) is 5.52 Å². The number of aromatic nitrogens is 1. The molecule has 4 heteroatoms. The molecule has 90 valence electrons. The molecule has 0 saturated carbocycles. The van der Waals surface area contributed by atoms with Crippen LogP contribution in [0.3, 0.4) is 0 Å². The number of nitrogens with zero attached hydrogens (tertiary/aromatic N) is 1. The van der Waals surface area contributed by atoms with Crippen LogP contribution in [0.1, 0.15) is 0 Å². The molecule has 2 aromatic carbocycles. The van der Waals surface area contributed by atoms with Gasteiger partial charge in [-0.2, -0.15) is 0 Å². The molecule has 0 radical (unpaired) electrons. The Kier molecular flexibility index (Phi) is 2.72. The Balaban J connectivity index is 2.07. The van der Waals surface area contributed by atoms with Crippen LogP contribution >= 0.6 is 11.3 Å². The van der Waals surface area contributed by atoms with E-state index in [1.54, 1.807) is 17.4 Å². The first-order chi connectivity index (χ1) is 8.76. The number of fused-ring (bicyclic) bond motifs is 1. The van der Waals surface area contributed by atoms with Crippen LogP contribution in [0, 0.1) is 5.82 Å². The van der Waals surface area contributed by atoms with E-state index in [9.17, 15) is 4.39 Å². The first-order valence-electron chi connectivity index (χ1n) is 5.60. The maximum absolute atomic E-state index is 13.1. The van der Waals surface area contributed by atoms with E-state index in [1.165, 1.54) is 12.1 Å². The highest BCUT2D eigenvalue weighted by molar-refractivity contribution is 7.21. The summed E-state index contributed by atoms with van der Waals surface area (Å²) in [6.45, 7) is 0. The van der Waals surface area contributed by atoms with Crippen LogP contribution in [-0.2, 0) is 0 Å². The molecule has 0 saturated heterocycles. The summed E-state index contributed by atoms with van der Waals surface area (Å²) >= 11 is 1.57. The van der Waals surface area contributed by atoms with Crippen molar-refractivity contribution in [2.75, 3.05) is 12.4 Å². The van der Waals surface area contributed by atoms with Crippen LogP contribution in [0.25, 0.3) is 20.8 Å². The van der Waals surface area contributed by atoms with Crippen LogP contribution in [0.2, 0.25) is 0 Å². The van der Waals surface area contributed by atoms with E-state index >= 15 is 0 Å². The number of thiazole rings is 1. The average Bonchev–Trinajstić information content (AvgIpc) is 2.81. The number of hydrogen-bond donors (Lipinski definition) is 1. The summed E-state index contributed by atoms with van der Waals surface area (Å²) in [6, 6.07) is 12.7. The Morgan fingerprint density at radius 1 is 1.11 bits per heavy atom. The van der Waals surface area contributed by atoms with E-state index in [0.717, 1.165) is 21.0 Å². The van der Waals surface area contributed by atoms with Crippen molar-refractivity contribution in [1.29, 1.82) is 0 Å². The van der Waals surface area contributed by atoms with Crippen molar-refractivity contribution in [1.82, 2.24) is 4.98 Å². The lowest BCUT2D eigenvalue weighted by molar-refractivity contribution is 0.629. The molecule has 1 N–H and O–H groups in total. The van der Waals surface area contributed by atoms with Gasteiger partial charge in [-0.25, -0.2) is 9.37 Å². The molecule has 2 nitrogen and oxygen atoms in total. The topological polar surface area (TPSA) is 24.9 Å². The maximum atomic E-state index is 13.1. The first-order valence-corrected chi connectivity index (χ1v) is 6.42. The van der Waals surface area contributed by atoms with Crippen LogP contribution in [0.15, 0.2) is 42.5 Å². The van der Waals surface area contributed by atoms with E-state index in [2.05, 4.69) is 10.3 Å². The van der Waals surface area contributed by atoms with Crippen molar-refractivity contribution in [3.05, 3.63) is 48.3 Å². The van der Waals surface area contributed by atoms with E-state index in [-0.39, 0.29) is 5.82 Å². The molecular weight excluding hydrogens is 246 g/mol. The summed E-state index contributed by atoms with van der Waals surface area (Å²) in [5.41, 5.74) is 2.83. The third kappa shape index (κ3) is 1.95. The van der Waals surface area contributed by atoms with Crippen molar-refractivity contribution in [3.8, 4) is 10.6 Å². The minimum Gasteiger partial charge on any atom is -0.388 e. The van der Waals surface area contributed by atoms with Gasteiger partial charge < -0.3 is 5.32 Å². The minimum absolute atomic E-state index is 0.245. The standard InChI is InChI=1S/C14H11FN2S/c1-16-11-5-2-9(3-6-11)14-17-12-8-10(15)4-7-13(12)18-14/h2-8,16H,1H3/i1-1. The molecule has 0 atom stereocenters. The highest BCUT2D eigenvalue weighted by Crippen LogP contribution is 2.30. The normalized spacial score (nSPS) is 10.8. The third-order valence-corrected chi connectivity index (χ3v) is 3.86. The molecule has 0 unspecified atom stereocenters. The number of benzene rings is 2. The fraction of sp³-hybridized carbons (Fsp3) is 0.0714. The fourth-order valence-corrected chi connectivity index (χ4v) is 2.75. The average molecular weight is 257 g/mol. The number of rotatable bonds is 2. The maximum Gasteiger partial charge on any atom is 0.125 e. The summed E-state index contributed by atoms with van der Waals surface area (Å²) < 4.78 is 14.1. The Hall–Kier alpha value is -1.94. The molecule has 0 bridgehead atoms. The summed E-state index contributed by atoms with van der Waals surface area (Å²) in [4.78, 5) is 4.46. The van der Waals surface area contributed by atoms with Crippen molar-refractivity contribution in [2.24, 2.45) is 0 Å². The molecule has 0 spiro atoms. The Morgan fingerprint density at radius 3 is 2.61 bits per heavy atom. The van der Waals surface area contributed by atoms with Crippen molar-refractivity contribution >= 4 is 27.2 Å². The van der Waals surface area contributed by atoms with Crippen LogP contribution < -0.4 is 5.32 Å². The molecule has 1 heterocycles. The van der Waals surface area contributed by atoms with Gasteiger partial charge in [-0.1, -0.05) is 0 Å². The third-order valence-electron chi connectivity index (χ3n) is 2.77. The zero-order valence-electron chi connectivity index (χ0n) is 9.77. The lowest BCUT2D eigenvalue weighted by Gasteiger charge is -2.00. The predicted octanol–water partition coefficient (Wildman–Crippen LogP) is 4.14. The highest BCUT2D eigenvalue weighted by Gasteiger charge is 2.06. The van der Waals surface area contributed by atoms with Crippen LogP contribution in [0.5, 0.6) is 0 Å². The molecular formula is C14H11FN2S. The van der Waals surface area contributed by atoms with Gasteiger partial charge in [-0.3, -0.25) is 0 Å². The SMILES string of the molecule is [11CH3]Nc1ccc(-c2nc3cc(F)ccc3s2)cc1. The molecule has 3 aromatic rings. The van der Waals surface area contributed by atoms with Crippen LogP contribution in [0.4, 0.5) is 10.1 Å². The largest absolute Gasteiger partial charge is 0.388 e. The van der Waals surface area contributed by atoms with Gasteiger partial charge >= 0.3 is 0 Å². The summed E-state index contributed by atoms with van der Waals surface area (Å²) in [6.07, 6.45) is 0. The number of halogens is 1. The lowest BCUT2D eigenvalue weighted by Crippen LogP contribution is -1.86. The van der Waals surface area contributed by atoms with Gasteiger partial charge in [0.25, 0.3) is 0 Å². The smallest absolute Gasteiger partial charge is 0.125 e. The highest BCUT2D eigenvalue weighted by atomic mass is 32.1. The second-order valence-electron chi connectivity index (χ2n) is 3.96. The molecule has 0 aliphatic heterocycles. The second-order valence-corrected chi connectivity index (χ2v) is 4.99. The number of hydrogen-bond acceptors (Lipinski definition) is 3. The van der Waals surface area contributed by atoms with Gasteiger partial charge in [0.05, 0.1) is 10.2 Å².